The van der Waals surface area contributed by atoms with Crippen molar-refractivity contribution in [2.45, 2.75) is 13.3 Å². The van der Waals surface area contributed by atoms with Crippen molar-refractivity contribution in [1.82, 2.24) is 25.3 Å². The number of aromatic nitrogens is 4. The van der Waals surface area contributed by atoms with Crippen molar-refractivity contribution in [2.24, 2.45) is 5.92 Å². The Bertz CT molecular complexity index is 1070. The highest BCUT2D eigenvalue weighted by Crippen LogP contribution is 2.25. The zero-order valence-corrected chi connectivity index (χ0v) is 17.0. The number of halogens is 1. The third-order valence-electron chi connectivity index (χ3n) is 4.97. The number of benzene rings is 1. The van der Waals surface area contributed by atoms with E-state index in [0.29, 0.717) is 30.4 Å². The fourth-order valence-corrected chi connectivity index (χ4v) is 3.36. The standard InChI is InChI=1S/C21H22FN7O2/c1-14-8-11-29(27-14)19-7-6-18(25-26-19)23-9-10-24-21(31)15-12-20(30)28(13-15)17-4-2-16(22)3-5-17/h2-8,11,15H,9-10,12-13H2,1H3,(H,23,25)(H,24,31). The highest BCUT2D eigenvalue weighted by atomic mass is 19.1. The molecule has 0 bridgehead atoms. The molecule has 1 fully saturated rings. The van der Waals surface area contributed by atoms with Crippen molar-refractivity contribution in [3.8, 4) is 5.82 Å². The van der Waals surface area contributed by atoms with E-state index in [2.05, 4.69) is 25.9 Å². The minimum Gasteiger partial charge on any atom is -0.367 e. The van der Waals surface area contributed by atoms with E-state index in [1.165, 1.54) is 29.2 Å². The fraction of sp³-hybridized carbons (Fsp3) is 0.286. The molecule has 3 aromatic rings. The van der Waals surface area contributed by atoms with Crippen LogP contribution in [0.5, 0.6) is 0 Å². The van der Waals surface area contributed by atoms with Gasteiger partial charge in [0, 0.05) is 37.9 Å². The number of nitrogens with one attached hydrogen (secondary N) is 2. The Morgan fingerprint density at radius 2 is 1.94 bits per heavy atom. The first-order valence-electron chi connectivity index (χ1n) is 9.93. The summed E-state index contributed by atoms with van der Waals surface area (Å²) in [7, 11) is 0. The van der Waals surface area contributed by atoms with Gasteiger partial charge in [0.25, 0.3) is 0 Å². The second-order valence-corrected chi connectivity index (χ2v) is 7.28. The fourth-order valence-electron chi connectivity index (χ4n) is 3.36. The van der Waals surface area contributed by atoms with Crippen LogP contribution in [0.3, 0.4) is 0 Å². The Hall–Kier alpha value is -3.82. The highest BCUT2D eigenvalue weighted by molar-refractivity contribution is 6.00. The van der Waals surface area contributed by atoms with Crippen LogP contribution in [0.25, 0.3) is 5.82 Å². The molecule has 1 aliphatic heterocycles. The molecule has 0 radical (unpaired) electrons. The summed E-state index contributed by atoms with van der Waals surface area (Å²) in [6.07, 6.45) is 1.95. The number of amides is 2. The minimum absolute atomic E-state index is 0.135. The number of anilines is 2. The Morgan fingerprint density at radius 3 is 2.61 bits per heavy atom. The van der Waals surface area contributed by atoms with E-state index in [9.17, 15) is 14.0 Å². The van der Waals surface area contributed by atoms with E-state index in [1.807, 2.05) is 19.2 Å². The second-order valence-electron chi connectivity index (χ2n) is 7.28. The van der Waals surface area contributed by atoms with Crippen LogP contribution >= 0.6 is 0 Å². The Balaban J connectivity index is 1.22. The Morgan fingerprint density at radius 1 is 1.13 bits per heavy atom. The van der Waals surface area contributed by atoms with Gasteiger partial charge < -0.3 is 15.5 Å². The van der Waals surface area contributed by atoms with Gasteiger partial charge in [0.15, 0.2) is 5.82 Å². The van der Waals surface area contributed by atoms with Gasteiger partial charge in [-0.25, -0.2) is 9.07 Å². The molecular weight excluding hydrogens is 401 g/mol. The summed E-state index contributed by atoms with van der Waals surface area (Å²) >= 11 is 0. The predicted molar refractivity (Wildman–Crippen MR) is 112 cm³/mol. The molecule has 3 heterocycles. The molecule has 1 aromatic carbocycles. The lowest BCUT2D eigenvalue weighted by atomic mass is 10.1. The molecule has 9 nitrogen and oxygen atoms in total. The van der Waals surface area contributed by atoms with Crippen LogP contribution in [-0.2, 0) is 9.59 Å². The quantitative estimate of drug-likeness (QED) is 0.561. The van der Waals surface area contributed by atoms with E-state index in [4.69, 9.17) is 0 Å². The summed E-state index contributed by atoms with van der Waals surface area (Å²) in [6, 6.07) is 11.1. The monoisotopic (exact) mass is 423 g/mol. The van der Waals surface area contributed by atoms with Crippen molar-refractivity contribution < 1.29 is 14.0 Å². The molecule has 0 saturated carbocycles. The van der Waals surface area contributed by atoms with Gasteiger partial charge in [-0.15, -0.1) is 10.2 Å². The smallest absolute Gasteiger partial charge is 0.227 e. The molecule has 2 N–H and O–H groups in total. The van der Waals surface area contributed by atoms with Crippen molar-refractivity contribution in [3.63, 3.8) is 0 Å². The lowest BCUT2D eigenvalue weighted by Gasteiger charge is -2.16. The van der Waals surface area contributed by atoms with Gasteiger partial charge in [0.1, 0.15) is 11.6 Å². The third kappa shape index (κ3) is 4.85. The number of carbonyl (C=O) groups excluding carboxylic acids is 2. The van der Waals surface area contributed by atoms with E-state index in [1.54, 1.807) is 16.8 Å². The van der Waals surface area contributed by atoms with Gasteiger partial charge in [-0.2, -0.15) is 5.10 Å². The van der Waals surface area contributed by atoms with Gasteiger partial charge in [-0.05, 0) is 49.4 Å². The molecular formula is C21H22FN7O2. The highest BCUT2D eigenvalue weighted by Gasteiger charge is 2.34. The van der Waals surface area contributed by atoms with Crippen molar-refractivity contribution in [2.75, 3.05) is 29.9 Å². The van der Waals surface area contributed by atoms with Crippen LogP contribution in [0.15, 0.2) is 48.7 Å². The van der Waals surface area contributed by atoms with Gasteiger partial charge in [0.05, 0.1) is 11.6 Å². The SMILES string of the molecule is Cc1ccn(-c2ccc(NCCNC(=O)C3CC(=O)N(c4ccc(F)cc4)C3)nn2)n1. The molecule has 1 saturated heterocycles. The molecule has 0 aliphatic carbocycles. The molecule has 31 heavy (non-hydrogen) atoms. The van der Waals surface area contributed by atoms with Crippen LogP contribution in [0.1, 0.15) is 12.1 Å². The second kappa shape index (κ2) is 8.90. The predicted octanol–water partition coefficient (Wildman–Crippen LogP) is 1.69. The number of hydrogen-bond donors (Lipinski definition) is 2. The number of aryl methyl sites for hydroxylation is 1. The van der Waals surface area contributed by atoms with E-state index in [0.717, 1.165) is 5.69 Å². The molecule has 160 valence electrons. The molecule has 2 amide bonds. The van der Waals surface area contributed by atoms with Gasteiger partial charge in [0.2, 0.25) is 11.8 Å². The number of rotatable bonds is 7. The van der Waals surface area contributed by atoms with Crippen molar-refractivity contribution in [1.29, 1.82) is 0 Å². The molecule has 2 aromatic heterocycles. The van der Waals surface area contributed by atoms with Gasteiger partial charge in [-0.3, -0.25) is 9.59 Å². The van der Waals surface area contributed by atoms with Crippen LogP contribution in [0, 0.1) is 18.7 Å². The van der Waals surface area contributed by atoms with Crippen LogP contribution < -0.4 is 15.5 Å². The largest absolute Gasteiger partial charge is 0.367 e. The first-order chi connectivity index (χ1) is 15.0. The maximum atomic E-state index is 13.1. The molecule has 10 heteroatoms. The molecule has 1 aliphatic rings. The average molecular weight is 423 g/mol. The Kier molecular flexibility index (Phi) is 5.87. The van der Waals surface area contributed by atoms with E-state index in [-0.39, 0.29) is 30.6 Å². The van der Waals surface area contributed by atoms with Crippen LogP contribution in [0.2, 0.25) is 0 Å². The summed E-state index contributed by atoms with van der Waals surface area (Å²) < 4.78 is 14.7. The van der Waals surface area contributed by atoms with Crippen LogP contribution in [-0.4, -0.2) is 51.4 Å². The van der Waals surface area contributed by atoms with Crippen molar-refractivity contribution >= 4 is 23.3 Å². The van der Waals surface area contributed by atoms with E-state index < -0.39 is 5.92 Å². The summed E-state index contributed by atoms with van der Waals surface area (Å²) in [4.78, 5) is 26.2. The van der Waals surface area contributed by atoms with Gasteiger partial charge >= 0.3 is 0 Å². The van der Waals surface area contributed by atoms with Crippen molar-refractivity contribution in [3.05, 3.63) is 60.2 Å². The van der Waals surface area contributed by atoms with Gasteiger partial charge in [-0.1, -0.05) is 0 Å². The summed E-state index contributed by atoms with van der Waals surface area (Å²) in [5.41, 5.74) is 1.49. The molecule has 4 rings (SSSR count). The first kappa shape index (κ1) is 20.5. The number of nitrogens with zero attached hydrogens (tertiary/aromatic N) is 5. The lowest BCUT2D eigenvalue weighted by molar-refractivity contribution is -0.126. The van der Waals surface area contributed by atoms with E-state index >= 15 is 0 Å². The summed E-state index contributed by atoms with van der Waals surface area (Å²) in [5.74, 6) is 0.0639. The topological polar surface area (TPSA) is 105 Å². The molecule has 1 atom stereocenters. The zero-order valence-electron chi connectivity index (χ0n) is 17.0. The average Bonchev–Trinajstić information content (AvgIpc) is 3.38. The normalized spacial score (nSPS) is 15.9. The zero-order chi connectivity index (χ0) is 21.8. The minimum atomic E-state index is -0.436. The first-order valence-corrected chi connectivity index (χ1v) is 9.93. The third-order valence-corrected chi connectivity index (χ3v) is 4.97. The molecule has 0 spiro atoms. The number of carbonyl (C=O) groups is 2. The summed E-state index contributed by atoms with van der Waals surface area (Å²) in [6.45, 7) is 3.02. The number of hydrogen-bond acceptors (Lipinski definition) is 6. The van der Waals surface area contributed by atoms with Crippen LogP contribution in [0.4, 0.5) is 15.9 Å². The lowest BCUT2D eigenvalue weighted by Crippen LogP contribution is -2.35. The Labute approximate surface area is 178 Å². The summed E-state index contributed by atoms with van der Waals surface area (Å²) in [5, 5.41) is 18.4. The maximum Gasteiger partial charge on any atom is 0.227 e. The maximum absolute atomic E-state index is 13.1. The molecule has 1 unspecified atom stereocenters.